The fraction of sp³-hybridized carbons (Fsp3) is 0.160. The van der Waals surface area contributed by atoms with E-state index in [1.807, 2.05) is 74.5 Å². The number of thioether (sulfide) groups is 1. The standard InChI is InChI=1S/C25H24N4O2S2/c1-16-10-17(2)12-20(11-16)28-24(31)27-19-8-9-21-22(13-19)33-25(29-21)32-15-23(30)26-14-18-6-4-3-5-7-18/h3-13H,14-15H2,1-2H3,(H,26,30)(H2,27,28,31). The molecule has 168 valence electrons. The van der Waals surface area contributed by atoms with Crippen molar-refractivity contribution in [3.63, 3.8) is 0 Å². The second-order valence-electron chi connectivity index (χ2n) is 7.67. The summed E-state index contributed by atoms with van der Waals surface area (Å²) in [6, 6.07) is 21.0. The van der Waals surface area contributed by atoms with E-state index >= 15 is 0 Å². The predicted molar refractivity (Wildman–Crippen MR) is 137 cm³/mol. The first-order valence-electron chi connectivity index (χ1n) is 10.4. The number of hydrogen-bond donors (Lipinski definition) is 3. The number of aryl methyl sites for hydroxylation is 2. The first-order valence-corrected chi connectivity index (χ1v) is 12.3. The Morgan fingerprint density at radius 1 is 0.909 bits per heavy atom. The first-order chi connectivity index (χ1) is 15.9. The molecule has 0 aliphatic rings. The van der Waals surface area contributed by atoms with Crippen LogP contribution in [0, 0.1) is 13.8 Å². The van der Waals surface area contributed by atoms with Crippen molar-refractivity contribution in [1.82, 2.24) is 10.3 Å². The highest BCUT2D eigenvalue weighted by Crippen LogP contribution is 2.31. The number of nitrogens with one attached hydrogen (secondary N) is 3. The van der Waals surface area contributed by atoms with E-state index in [0.717, 1.165) is 36.9 Å². The molecule has 0 saturated carbocycles. The Labute approximate surface area is 200 Å². The van der Waals surface area contributed by atoms with Gasteiger partial charge in [-0.25, -0.2) is 9.78 Å². The molecule has 0 bridgehead atoms. The van der Waals surface area contributed by atoms with Gasteiger partial charge in [0.05, 0.1) is 16.0 Å². The van der Waals surface area contributed by atoms with Gasteiger partial charge in [-0.2, -0.15) is 0 Å². The molecule has 6 nitrogen and oxygen atoms in total. The van der Waals surface area contributed by atoms with Crippen molar-refractivity contribution in [2.24, 2.45) is 0 Å². The largest absolute Gasteiger partial charge is 0.351 e. The van der Waals surface area contributed by atoms with Gasteiger partial charge >= 0.3 is 6.03 Å². The van der Waals surface area contributed by atoms with Crippen LogP contribution in [0.4, 0.5) is 16.2 Å². The molecule has 3 aromatic carbocycles. The highest BCUT2D eigenvalue weighted by Gasteiger charge is 2.10. The molecule has 4 aromatic rings. The van der Waals surface area contributed by atoms with Crippen LogP contribution in [-0.4, -0.2) is 22.7 Å². The third-order valence-corrected chi connectivity index (χ3v) is 6.93. The highest BCUT2D eigenvalue weighted by atomic mass is 32.2. The van der Waals surface area contributed by atoms with Crippen molar-refractivity contribution in [1.29, 1.82) is 0 Å². The first kappa shape index (κ1) is 22.8. The minimum atomic E-state index is -0.298. The Bertz CT molecular complexity index is 1270. The lowest BCUT2D eigenvalue weighted by Gasteiger charge is -2.09. The molecule has 1 heterocycles. The van der Waals surface area contributed by atoms with Crippen LogP contribution in [0.25, 0.3) is 10.2 Å². The lowest BCUT2D eigenvalue weighted by molar-refractivity contribution is -0.118. The third kappa shape index (κ3) is 6.57. The Kier molecular flexibility index (Phi) is 7.26. The average Bonchev–Trinajstić information content (AvgIpc) is 3.18. The molecule has 0 fully saturated rings. The van der Waals surface area contributed by atoms with Crippen LogP contribution in [0.1, 0.15) is 16.7 Å². The van der Waals surface area contributed by atoms with Gasteiger partial charge in [-0.05, 0) is 60.9 Å². The van der Waals surface area contributed by atoms with Gasteiger partial charge in [-0.1, -0.05) is 48.2 Å². The topological polar surface area (TPSA) is 83.1 Å². The minimum Gasteiger partial charge on any atom is -0.351 e. The molecule has 3 amide bonds. The molecule has 0 unspecified atom stereocenters. The Morgan fingerprint density at radius 3 is 2.39 bits per heavy atom. The van der Waals surface area contributed by atoms with Gasteiger partial charge in [0, 0.05) is 17.9 Å². The summed E-state index contributed by atoms with van der Waals surface area (Å²) in [5, 5.41) is 8.67. The van der Waals surface area contributed by atoms with Gasteiger partial charge in [0.25, 0.3) is 0 Å². The number of urea groups is 1. The van der Waals surface area contributed by atoms with Crippen LogP contribution in [0.3, 0.4) is 0 Å². The van der Waals surface area contributed by atoms with Gasteiger partial charge in [-0.15, -0.1) is 11.3 Å². The van der Waals surface area contributed by atoms with Crippen LogP contribution >= 0.6 is 23.1 Å². The number of nitrogens with zero attached hydrogens (tertiary/aromatic N) is 1. The van der Waals surface area contributed by atoms with Crippen molar-refractivity contribution in [2.75, 3.05) is 16.4 Å². The number of benzene rings is 3. The summed E-state index contributed by atoms with van der Waals surface area (Å²) in [6.07, 6.45) is 0. The van der Waals surface area contributed by atoms with Gasteiger partial charge in [-0.3, -0.25) is 4.79 Å². The van der Waals surface area contributed by atoms with Crippen LogP contribution in [0.2, 0.25) is 0 Å². The van der Waals surface area contributed by atoms with Crippen molar-refractivity contribution < 1.29 is 9.59 Å². The van der Waals surface area contributed by atoms with Gasteiger partial charge in [0.1, 0.15) is 0 Å². The number of aromatic nitrogens is 1. The van der Waals surface area contributed by atoms with Crippen molar-refractivity contribution in [3.05, 3.63) is 83.4 Å². The van der Waals surface area contributed by atoms with E-state index in [-0.39, 0.29) is 11.9 Å². The van der Waals surface area contributed by atoms with E-state index in [1.165, 1.54) is 23.1 Å². The van der Waals surface area contributed by atoms with Crippen LogP contribution < -0.4 is 16.0 Å². The van der Waals surface area contributed by atoms with Crippen LogP contribution in [0.5, 0.6) is 0 Å². The number of rotatable bonds is 7. The maximum atomic E-state index is 12.4. The summed E-state index contributed by atoms with van der Waals surface area (Å²) in [7, 11) is 0. The molecule has 0 spiro atoms. The van der Waals surface area contributed by atoms with Crippen molar-refractivity contribution in [3.8, 4) is 0 Å². The van der Waals surface area contributed by atoms with Crippen molar-refractivity contribution >= 4 is 56.6 Å². The quantitative estimate of drug-likeness (QED) is 0.287. The van der Waals surface area contributed by atoms with Crippen LogP contribution in [-0.2, 0) is 11.3 Å². The van der Waals surface area contributed by atoms with Gasteiger partial charge < -0.3 is 16.0 Å². The Morgan fingerprint density at radius 2 is 1.64 bits per heavy atom. The smallest absolute Gasteiger partial charge is 0.323 e. The molecule has 0 saturated heterocycles. The fourth-order valence-corrected chi connectivity index (χ4v) is 5.30. The molecule has 1 aromatic heterocycles. The Balaban J connectivity index is 1.32. The van der Waals surface area contributed by atoms with E-state index in [1.54, 1.807) is 0 Å². The molecular weight excluding hydrogens is 452 g/mol. The monoisotopic (exact) mass is 476 g/mol. The highest BCUT2D eigenvalue weighted by molar-refractivity contribution is 8.01. The number of carbonyl (C=O) groups is 2. The number of amides is 3. The third-order valence-electron chi connectivity index (χ3n) is 4.77. The summed E-state index contributed by atoms with van der Waals surface area (Å²) in [5.41, 5.74) is 5.54. The summed E-state index contributed by atoms with van der Waals surface area (Å²) in [5.74, 6) is 0.268. The van der Waals surface area contributed by atoms with E-state index in [2.05, 4.69) is 27.0 Å². The zero-order valence-electron chi connectivity index (χ0n) is 18.3. The molecule has 0 radical (unpaired) electrons. The number of thiazole rings is 1. The molecule has 0 aliphatic heterocycles. The number of hydrogen-bond acceptors (Lipinski definition) is 5. The van der Waals surface area contributed by atoms with E-state index < -0.39 is 0 Å². The zero-order valence-corrected chi connectivity index (χ0v) is 20.0. The Hall–Kier alpha value is -3.36. The summed E-state index contributed by atoms with van der Waals surface area (Å²) >= 11 is 2.91. The molecule has 33 heavy (non-hydrogen) atoms. The number of carbonyl (C=O) groups excluding carboxylic acids is 2. The van der Waals surface area contributed by atoms with Crippen LogP contribution in [0.15, 0.2) is 71.1 Å². The number of anilines is 2. The molecular formula is C25H24N4O2S2. The minimum absolute atomic E-state index is 0.0338. The lowest BCUT2D eigenvalue weighted by atomic mass is 10.1. The second kappa shape index (κ2) is 10.5. The lowest BCUT2D eigenvalue weighted by Crippen LogP contribution is -2.24. The fourth-order valence-electron chi connectivity index (χ4n) is 3.36. The number of fused-ring (bicyclic) bond motifs is 1. The normalized spacial score (nSPS) is 10.7. The molecule has 8 heteroatoms. The predicted octanol–water partition coefficient (Wildman–Crippen LogP) is 5.97. The SMILES string of the molecule is Cc1cc(C)cc(NC(=O)Nc2ccc3nc(SCC(=O)NCc4ccccc4)sc3c2)c1. The van der Waals surface area contributed by atoms with Crippen molar-refractivity contribution in [2.45, 2.75) is 24.7 Å². The molecule has 0 aliphatic carbocycles. The van der Waals surface area contributed by atoms with Gasteiger partial charge in [0.2, 0.25) is 5.91 Å². The van der Waals surface area contributed by atoms with E-state index in [4.69, 9.17) is 0 Å². The second-order valence-corrected chi connectivity index (χ2v) is 9.92. The average molecular weight is 477 g/mol. The molecule has 0 atom stereocenters. The molecule has 3 N–H and O–H groups in total. The summed E-state index contributed by atoms with van der Waals surface area (Å²) in [4.78, 5) is 29.2. The van der Waals surface area contributed by atoms with E-state index in [9.17, 15) is 9.59 Å². The maximum absolute atomic E-state index is 12.4. The van der Waals surface area contributed by atoms with E-state index in [0.29, 0.717) is 18.0 Å². The molecule has 4 rings (SSSR count). The van der Waals surface area contributed by atoms with Gasteiger partial charge in [0.15, 0.2) is 4.34 Å². The summed E-state index contributed by atoms with van der Waals surface area (Å²) in [6.45, 7) is 4.51. The maximum Gasteiger partial charge on any atom is 0.323 e. The zero-order chi connectivity index (χ0) is 23.2. The summed E-state index contributed by atoms with van der Waals surface area (Å²) < 4.78 is 1.77.